The molecule has 0 atom stereocenters. The highest BCUT2D eigenvalue weighted by atomic mass is 16.2. The molecule has 0 saturated carbocycles. The van der Waals surface area contributed by atoms with Crippen molar-refractivity contribution >= 4 is 11.7 Å². The summed E-state index contributed by atoms with van der Waals surface area (Å²) in [4.78, 5) is 20.7. The molecule has 3 aromatic rings. The Morgan fingerprint density at radius 1 is 1.00 bits per heavy atom. The van der Waals surface area contributed by atoms with Crippen molar-refractivity contribution in [3.05, 3.63) is 78.4 Å². The van der Waals surface area contributed by atoms with Crippen molar-refractivity contribution < 1.29 is 4.79 Å². The third kappa shape index (κ3) is 3.95. The van der Waals surface area contributed by atoms with Gasteiger partial charge in [0, 0.05) is 18.0 Å². The number of aromatic nitrogens is 2. The Labute approximate surface area is 140 Å². The van der Waals surface area contributed by atoms with E-state index in [4.69, 9.17) is 0 Å². The van der Waals surface area contributed by atoms with Gasteiger partial charge in [0.25, 0.3) is 0 Å². The lowest BCUT2D eigenvalue weighted by molar-refractivity contribution is 0.251. The first-order valence-corrected chi connectivity index (χ1v) is 7.69. The highest BCUT2D eigenvalue weighted by molar-refractivity contribution is 5.90. The van der Waals surface area contributed by atoms with E-state index in [9.17, 15) is 4.79 Å². The van der Waals surface area contributed by atoms with Gasteiger partial charge >= 0.3 is 6.03 Å². The van der Waals surface area contributed by atoms with Crippen LogP contribution in [0.4, 0.5) is 10.5 Å². The quantitative estimate of drug-likeness (QED) is 0.769. The van der Waals surface area contributed by atoms with Gasteiger partial charge in [-0.05, 0) is 30.7 Å². The average Bonchev–Trinajstić information content (AvgIpc) is 2.63. The van der Waals surface area contributed by atoms with Crippen LogP contribution in [0.15, 0.2) is 67.0 Å². The zero-order chi connectivity index (χ0) is 16.8. The van der Waals surface area contributed by atoms with E-state index in [2.05, 4.69) is 20.6 Å². The van der Waals surface area contributed by atoms with Crippen LogP contribution in [0, 0.1) is 6.92 Å². The van der Waals surface area contributed by atoms with Crippen molar-refractivity contribution in [3.63, 3.8) is 0 Å². The second-order valence-electron chi connectivity index (χ2n) is 5.35. The molecule has 24 heavy (non-hydrogen) atoms. The number of anilines is 1. The Kier molecular flexibility index (Phi) is 4.81. The predicted octanol–water partition coefficient (Wildman–Crippen LogP) is 3.77. The minimum atomic E-state index is -0.282. The number of urea groups is 1. The van der Waals surface area contributed by atoms with Crippen molar-refractivity contribution in [2.24, 2.45) is 0 Å². The molecule has 1 aromatic carbocycles. The molecule has 0 radical (unpaired) electrons. The smallest absolute Gasteiger partial charge is 0.319 e. The molecule has 2 amide bonds. The molecule has 2 heterocycles. The first-order chi connectivity index (χ1) is 11.7. The normalized spacial score (nSPS) is 10.2. The summed E-state index contributed by atoms with van der Waals surface area (Å²) in [5.41, 5.74) is 4.28. The fourth-order valence-corrected chi connectivity index (χ4v) is 2.29. The fourth-order valence-electron chi connectivity index (χ4n) is 2.29. The molecule has 0 unspecified atom stereocenters. The van der Waals surface area contributed by atoms with E-state index in [-0.39, 0.29) is 6.03 Å². The van der Waals surface area contributed by atoms with E-state index in [0.29, 0.717) is 12.2 Å². The van der Waals surface area contributed by atoms with Crippen LogP contribution in [0.1, 0.15) is 11.4 Å². The summed E-state index contributed by atoms with van der Waals surface area (Å²) in [7, 11) is 0. The molecule has 120 valence electrons. The molecule has 3 rings (SSSR count). The van der Waals surface area contributed by atoms with Crippen molar-refractivity contribution in [1.29, 1.82) is 0 Å². The predicted molar refractivity (Wildman–Crippen MR) is 94.5 cm³/mol. The Hall–Kier alpha value is -3.21. The molecule has 0 aliphatic rings. The molecular weight excluding hydrogens is 300 g/mol. The SMILES string of the molecule is Cc1ncc(-c2ccccc2)cc1NC(=O)NCc1ccccn1. The van der Waals surface area contributed by atoms with Crippen LogP contribution < -0.4 is 10.6 Å². The first kappa shape index (κ1) is 15.7. The van der Waals surface area contributed by atoms with Gasteiger partial charge < -0.3 is 10.6 Å². The van der Waals surface area contributed by atoms with Crippen molar-refractivity contribution in [1.82, 2.24) is 15.3 Å². The molecular formula is C19H18N4O. The molecule has 2 aromatic heterocycles. The summed E-state index contributed by atoms with van der Waals surface area (Å²) in [5, 5.41) is 5.64. The molecule has 2 N–H and O–H groups in total. The second kappa shape index (κ2) is 7.37. The third-order valence-electron chi connectivity index (χ3n) is 3.60. The summed E-state index contributed by atoms with van der Waals surface area (Å²) in [5.74, 6) is 0. The van der Waals surface area contributed by atoms with Crippen LogP contribution in [0.5, 0.6) is 0 Å². The van der Waals surface area contributed by atoms with Crippen LogP contribution in [0.3, 0.4) is 0 Å². The minimum absolute atomic E-state index is 0.282. The van der Waals surface area contributed by atoms with Gasteiger partial charge in [0.1, 0.15) is 0 Å². The molecule has 0 aliphatic carbocycles. The maximum absolute atomic E-state index is 12.1. The topological polar surface area (TPSA) is 66.9 Å². The first-order valence-electron chi connectivity index (χ1n) is 7.69. The van der Waals surface area contributed by atoms with Gasteiger partial charge in [-0.25, -0.2) is 4.79 Å². The number of hydrogen-bond donors (Lipinski definition) is 2. The summed E-state index contributed by atoms with van der Waals surface area (Å²) >= 11 is 0. The fraction of sp³-hybridized carbons (Fsp3) is 0.105. The van der Waals surface area contributed by atoms with Crippen LogP contribution in [-0.4, -0.2) is 16.0 Å². The van der Waals surface area contributed by atoms with Gasteiger partial charge in [0.15, 0.2) is 0 Å². The number of nitrogens with one attached hydrogen (secondary N) is 2. The van der Waals surface area contributed by atoms with Gasteiger partial charge in [-0.3, -0.25) is 9.97 Å². The molecule has 0 aliphatic heterocycles. The van der Waals surface area contributed by atoms with Crippen molar-refractivity contribution in [3.8, 4) is 11.1 Å². The van der Waals surface area contributed by atoms with E-state index >= 15 is 0 Å². The standard InChI is InChI=1S/C19H18N4O/c1-14-18(11-16(12-21-14)15-7-3-2-4-8-15)23-19(24)22-13-17-9-5-6-10-20-17/h2-12H,13H2,1H3,(H2,22,23,24). The summed E-state index contributed by atoms with van der Waals surface area (Å²) < 4.78 is 0. The van der Waals surface area contributed by atoms with E-state index in [0.717, 1.165) is 22.5 Å². The Balaban J connectivity index is 1.69. The zero-order valence-electron chi connectivity index (χ0n) is 13.4. The number of hydrogen-bond acceptors (Lipinski definition) is 3. The molecule has 0 saturated heterocycles. The second-order valence-corrected chi connectivity index (χ2v) is 5.35. The number of amides is 2. The van der Waals surface area contributed by atoms with E-state index < -0.39 is 0 Å². The van der Waals surface area contributed by atoms with Gasteiger partial charge in [-0.2, -0.15) is 0 Å². The average molecular weight is 318 g/mol. The van der Waals surface area contributed by atoms with Crippen molar-refractivity contribution in [2.45, 2.75) is 13.5 Å². The summed E-state index contributed by atoms with van der Waals surface area (Å²) in [6, 6.07) is 17.2. The highest BCUT2D eigenvalue weighted by Crippen LogP contribution is 2.23. The number of pyridine rings is 2. The summed E-state index contributed by atoms with van der Waals surface area (Å²) in [6.07, 6.45) is 3.51. The lowest BCUT2D eigenvalue weighted by Gasteiger charge is -2.11. The number of nitrogens with zero attached hydrogens (tertiary/aromatic N) is 2. The van der Waals surface area contributed by atoms with Gasteiger partial charge in [-0.15, -0.1) is 0 Å². The van der Waals surface area contributed by atoms with E-state index in [1.165, 1.54) is 0 Å². The molecule has 5 nitrogen and oxygen atoms in total. The van der Waals surface area contributed by atoms with E-state index in [1.54, 1.807) is 6.20 Å². The number of carbonyl (C=O) groups excluding carboxylic acids is 1. The Bertz CT molecular complexity index is 819. The maximum atomic E-state index is 12.1. The Morgan fingerprint density at radius 2 is 1.79 bits per heavy atom. The molecule has 0 bridgehead atoms. The van der Waals surface area contributed by atoms with Crippen LogP contribution in [0.2, 0.25) is 0 Å². The van der Waals surface area contributed by atoms with Gasteiger partial charge in [-0.1, -0.05) is 36.4 Å². The lowest BCUT2D eigenvalue weighted by Crippen LogP contribution is -2.28. The number of carbonyl (C=O) groups is 1. The zero-order valence-corrected chi connectivity index (χ0v) is 13.4. The monoisotopic (exact) mass is 318 g/mol. The minimum Gasteiger partial charge on any atom is -0.332 e. The molecule has 5 heteroatoms. The van der Waals surface area contributed by atoms with Crippen LogP contribution in [0.25, 0.3) is 11.1 Å². The number of aryl methyl sites for hydroxylation is 1. The van der Waals surface area contributed by atoms with Gasteiger partial charge in [0.2, 0.25) is 0 Å². The highest BCUT2D eigenvalue weighted by Gasteiger charge is 2.07. The molecule has 0 spiro atoms. The van der Waals surface area contributed by atoms with Crippen molar-refractivity contribution in [2.75, 3.05) is 5.32 Å². The third-order valence-corrected chi connectivity index (χ3v) is 3.60. The Morgan fingerprint density at radius 3 is 2.54 bits per heavy atom. The van der Waals surface area contributed by atoms with E-state index in [1.807, 2.05) is 67.7 Å². The number of benzene rings is 1. The van der Waals surface area contributed by atoms with Gasteiger partial charge in [0.05, 0.1) is 23.6 Å². The lowest BCUT2D eigenvalue weighted by atomic mass is 10.1. The van der Waals surface area contributed by atoms with Crippen LogP contribution in [-0.2, 0) is 6.54 Å². The largest absolute Gasteiger partial charge is 0.332 e. The molecule has 0 fully saturated rings. The number of rotatable bonds is 4. The maximum Gasteiger partial charge on any atom is 0.319 e. The van der Waals surface area contributed by atoms with Crippen LogP contribution >= 0.6 is 0 Å². The summed E-state index contributed by atoms with van der Waals surface area (Å²) in [6.45, 7) is 2.24.